The van der Waals surface area contributed by atoms with E-state index in [0.717, 1.165) is 13.0 Å². The lowest BCUT2D eigenvalue weighted by atomic mass is 10.0. The van der Waals surface area contributed by atoms with Gasteiger partial charge in [-0.3, -0.25) is 0 Å². The van der Waals surface area contributed by atoms with Crippen LogP contribution in [-0.4, -0.2) is 11.1 Å². The first-order valence-electron chi connectivity index (χ1n) is 6.14. The van der Waals surface area contributed by atoms with Crippen LogP contribution in [0.25, 0.3) is 0 Å². The average Bonchev–Trinajstić information content (AvgIpc) is 2.58. The number of hydrogen-bond acceptors (Lipinski definition) is 2. The van der Waals surface area contributed by atoms with Crippen LogP contribution in [0.1, 0.15) is 43.4 Å². The maximum Gasteiger partial charge on any atom is 0.109 e. The Hall–Kier alpha value is -1.27. The lowest BCUT2D eigenvalue weighted by molar-refractivity contribution is 0.502. The summed E-state index contributed by atoms with van der Waals surface area (Å²) in [4.78, 5) is 0. The molecule has 0 aromatic carbocycles. The third-order valence-corrected chi connectivity index (χ3v) is 3.27. The second-order valence-corrected chi connectivity index (χ2v) is 4.43. The molecule has 1 aliphatic rings. The summed E-state index contributed by atoms with van der Waals surface area (Å²) >= 11 is 0. The zero-order valence-electron chi connectivity index (χ0n) is 9.87. The van der Waals surface area contributed by atoms with Gasteiger partial charge in [-0.2, -0.15) is 5.26 Å². The van der Waals surface area contributed by atoms with Gasteiger partial charge in [0.25, 0.3) is 0 Å². The number of aryl methyl sites for hydroxylation is 1. The van der Waals surface area contributed by atoms with Crippen molar-refractivity contribution in [1.82, 2.24) is 9.88 Å². The lowest BCUT2D eigenvalue weighted by Gasteiger charge is -2.15. The van der Waals surface area contributed by atoms with Gasteiger partial charge in [-0.1, -0.05) is 13.3 Å². The van der Waals surface area contributed by atoms with E-state index in [1.165, 1.54) is 30.4 Å². The SMILES string of the molecule is CCNC1CCCCc2cn(CC#N)cc21. The highest BCUT2D eigenvalue weighted by molar-refractivity contribution is 5.29. The maximum atomic E-state index is 8.72. The summed E-state index contributed by atoms with van der Waals surface area (Å²) in [5, 5.41) is 12.3. The Bertz CT molecular complexity index is 386. The van der Waals surface area contributed by atoms with E-state index in [9.17, 15) is 0 Å². The quantitative estimate of drug-likeness (QED) is 0.790. The third kappa shape index (κ3) is 2.28. The van der Waals surface area contributed by atoms with Crippen LogP contribution in [0.15, 0.2) is 12.4 Å². The highest BCUT2D eigenvalue weighted by Crippen LogP contribution is 2.29. The molecule has 1 atom stereocenters. The van der Waals surface area contributed by atoms with E-state index < -0.39 is 0 Å². The minimum atomic E-state index is 0.464. The molecule has 0 bridgehead atoms. The van der Waals surface area contributed by atoms with Crippen LogP contribution in [0.2, 0.25) is 0 Å². The lowest BCUT2D eigenvalue weighted by Crippen LogP contribution is -2.20. The van der Waals surface area contributed by atoms with Gasteiger partial charge in [0, 0.05) is 18.4 Å². The maximum absolute atomic E-state index is 8.72. The first kappa shape index (κ1) is 11.2. The van der Waals surface area contributed by atoms with E-state index in [-0.39, 0.29) is 0 Å². The summed E-state index contributed by atoms with van der Waals surface area (Å²) in [6.07, 6.45) is 9.24. The van der Waals surface area contributed by atoms with Gasteiger partial charge >= 0.3 is 0 Å². The van der Waals surface area contributed by atoms with Crippen molar-refractivity contribution < 1.29 is 0 Å². The summed E-state index contributed by atoms with van der Waals surface area (Å²) in [6, 6.07) is 2.69. The second kappa shape index (κ2) is 5.18. The summed E-state index contributed by atoms with van der Waals surface area (Å²) in [5.74, 6) is 0. The van der Waals surface area contributed by atoms with Crippen molar-refractivity contribution in [2.45, 2.75) is 45.2 Å². The van der Waals surface area contributed by atoms with Crippen LogP contribution in [0.5, 0.6) is 0 Å². The van der Waals surface area contributed by atoms with E-state index in [4.69, 9.17) is 5.26 Å². The normalized spacial score (nSPS) is 19.9. The van der Waals surface area contributed by atoms with Crippen LogP contribution in [0.3, 0.4) is 0 Å². The van der Waals surface area contributed by atoms with E-state index in [0.29, 0.717) is 12.6 Å². The number of rotatable bonds is 3. The molecule has 0 saturated heterocycles. The largest absolute Gasteiger partial charge is 0.340 e. The molecule has 1 aromatic rings. The minimum Gasteiger partial charge on any atom is -0.340 e. The van der Waals surface area contributed by atoms with Gasteiger partial charge in [0.15, 0.2) is 0 Å². The third-order valence-electron chi connectivity index (χ3n) is 3.27. The molecule has 2 rings (SSSR count). The van der Waals surface area contributed by atoms with Crippen molar-refractivity contribution in [3.05, 3.63) is 23.5 Å². The smallest absolute Gasteiger partial charge is 0.109 e. The fraction of sp³-hybridized carbons (Fsp3) is 0.615. The molecule has 1 aliphatic carbocycles. The first-order chi connectivity index (χ1) is 7.85. The predicted molar refractivity (Wildman–Crippen MR) is 64.0 cm³/mol. The first-order valence-corrected chi connectivity index (χ1v) is 6.14. The Labute approximate surface area is 97.1 Å². The highest BCUT2D eigenvalue weighted by atomic mass is 15.0. The monoisotopic (exact) mass is 217 g/mol. The molecule has 0 amide bonds. The van der Waals surface area contributed by atoms with Crippen LogP contribution in [-0.2, 0) is 13.0 Å². The molecule has 86 valence electrons. The molecule has 16 heavy (non-hydrogen) atoms. The van der Waals surface area contributed by atoms with Gasteiger partial charge in [-0.05, 0) is 36.9 Å². The molecule has 1 unspecified atom stereocenters. The Morgan fingerprint density at radius 1 is 1.50 bits per heavy atom. The van der Waals surface area contributed by atoms with Gasteiger partial charge < -0.3 is 9.88 Å². The average molecular weight is 217 g/mol. The number of nitrogens with zero attached hydrogens (tertiary/aromatic N) is 2. The van der Waals surface area contributed by atoms with Gasteiger partial charge in [-0.15, -0.1) is 0 Å². The van der Waals surface area contributed by atoms with Crippen molar-refractivity contribution in [2.24, 2.45) is 0 Å². The van der Waals surface area contributed by atoms with E-state index in [1.807, 2.05) is 4.57 Å². The summed E-state index contributed by atoms with van der Waals surface area (Å²) in [7, 11) is 0. The van der Waals surface area contributed by atoms with Gasteiger partial charge in [0.1, 0.15) is 6.54 Å². The number of nitrogens with one attached hydrogen (secondary N) is 1. The number of nitriles is 1. The Morgan fingerprint density at radius 2 is 2.38 bits per heavy atom. The van der Waals surface area contributed by atoms with E-state index >= 15 is 0 Å². The Kier molecular flexibility index (Phi) is 3.63. The predicted octanol–water partition coefficient (Wildman–Crippen LogP) is 2.39. The number of fused-ring (bicyclic) bond motifs is 1. The van der Waals surface area contributed by atoms with Crippen molar-refractivity contribution in [2.75, 3.05) is 6.54 Å². The zero-order valence-corrected chi connectivity index (χ0v) is 9.87. The number of hydrogen-bond donors (Lipinski definition) is 1. The molecule has 0 spiro atoms. The fourth-order valence-corrected chi connectivity index (χ4v) is 2.55. The van der Waals surface area contributed by atoms with Gasteiger partial charge in [-0.25, -0.2) is 0 Å². The molecular weight excluding hydrogens is 198 g/mol. The van der Waals surface area contributed by atoms with Crippen LogP contribution in [0, 0.1) is 11.3 Å². The zero-order chi connectivity index (χ0) is 11.4. The van der Waals surface area contributed by atoms with Crippen molar-refractivity contribution in [1.29, 1.82) is 5.26 Å². The van der Waals surface area contributed by atoms with Gasteiger partial charge in [0.05, 0.1) is 6.07 Å². The van der Waals surface area contributed by atoms with Gasteiger partial charge in [0.2, 0.25) is 0 Å². The Morgan fingerprint density at radius 3 is 3.12 bits per heavy atom. The topological polar surface area (TPSA) is 40.8 Å². The Balaban J connectivity index is 2.25. The molecule has 0 fully saturated rings. The summed E-state index contributed by atoms with van der Waals surface area (Å²) < 4.78 is 2.01. The van der Waals surface area contributed by atoms with Crippen molar-refractivity contribution >= 4 is 0 Å². The summed E-state index contributed by atoms with van der Waals surface area (Å²) in [6.45, 7) is 3.62. The molecule has 3 heteroatoms. The second-order valence-electron chi connectivity index (χ2n) is 4.43. The van der Waals surface area contributed by atoms with Crippen LogP contribution in [0.4, 0.5) is 0 Å². The molecule has 1 aromatic heterocycles. The van der Waals surface area contributed by atoms with Crippen molar-refractivity contribution in [3.63, 3.8) is 0 Å². The van der Waals surface area contributed by atoms with Crippen molar-refractivity contribution in [3.8, 4) is 6.07 Å². The van der Waals surface area contributed by atoms with E-state index in [1.54, 1.807) is 0 Å². The fourth-order valence-electron chi connectivity index (χ4n) is 2.55. The van der Waals surface area contributed by atoms with E-state index in [2.05, 4.69) is 30.7 Å². The molecule has 1 N–H and O–H groups in total. The molecule has 3 nitrogen and oxygen atoms in total. The molecular formula is C13H19N3. The summed E-state index contributed by atoms with van der Waals surface area (Å²) in [5.41, 5.74) is 2.84. The molecule has 0 saturated carbocycles. The molecule has 1 heterocycles. The van der Waals surface area contributed by atoms with Crippen LogP contribution < -0.4 is 5.32 Å². The minimum absolute atomic E-state index is 0.464. The molecule has 0 radical (unpaired) electrons. The standard InChI is InChI=1S/C13H19N3/c1-2-15-13-6-4-3-5-11-9-16(8-7-14)10-12(11)13/h9-10,13,15H,2-6,8H2,1H3. The number of aromatic nitrogens is 1. The highest BCUT2D eigenvalue weighted by Gasteiger charge is 2.19. The molecule has 0 aliphatic heterocycles. The van der Waals surface area contributed by atoms with Crippen LogP contribution >= 0.6 is 0 Å².